The molecule has 1 heterocycles. The second kappa shape index (κ2) is 7.65. The Morgan fingerprint density at radius 3 is 2.53 bits per heavy atom. The van der Waals surface area contributed by atoms with Crippen LogP contribution in [0.15, 0.2) is 24.3 Å². The number of fused-ring (bicyclic) bond motifs is 4. The zero-order chi connectivity index (χ0) is 20.1. The summed E-state index contributed by atoms with van der Waals surface area (Å²) in [6.45, 7) is 2.51. The van der Waals surface area contributed by atoms with E-state index in [0.717, 1.165) is 37.1 Å². The van der Waals surface area contributed by atoms with E-state index in [2.05, 4.69) is 34.5 Å². The number of nitrogens with zero attached hydrogens (tertiary/aromatic N) is 1. The van der Waals surface area contributed by atoms with Gasteiger partial charge in [-0.2, -0.15) is 0 Å². The zero-order valence-corrected chi connectivity index (χ0v) is 18.5. The monoisotopic (exact) mass is 408 g/mol. The summed E-state index contributed by atoms with van der Waals surface area (Å²) in [7, 11) is 0. The van der Waals surface area contributed by atoms with Crippen molar-refractivity contribution < 1.29 is 6.22 Å². The molecule has 6 rings (SSSR count). The lowest BCUT2D eigenvalue weighted by molar-refractivity contribution is -0.126. The number of amides is 1. The highest BCUT2D eigenvalue weighted by Crippen LogP contribution is 2.53. The van der Waals surface area contributed by atoms with E-state index in [0.29, 0.717) is 5.91 Å². The SMILES string of the molecule is O=C(N[C@H]1CC2(CCN(C3C[C@@H]4CC[C@@H]3C4)CC2)c2ccccc21)C1CCCCC1.[HH]. The van der Waals surface area contributed by atoms with E-state index < -0.39 is 0 Å². The van der Waals surface area contributed by atoms with Gasteiger partial charge in [-0.1, -0.05) is 49.9 Å². The van der Waals surface area contributed by atoms with Crippen LogP contribution in [0.3, 0.4) is 0 Å². The molecule has 4 aliphatic carbocycles. The smallest absolute Gasteiger partial charge is 0.223 e. The average Bonchev–Trinajstić information content (AvgIpc) is 3.50. The van der Waals surface area contributed by atoms with Crippen LogP contribution < -0.4 is 5.32 Å². The van der Waals surface area contributed by atoms with Gasteiger partial charge in [-0.05, 0) is 87.4 Å². The van der Waals surface area contributed by atoms with Crippen LogP contribution in [0.1, 0.15) is 95.6 Å². The molecule has 1 saturated heterocycles. The van der Waals surface area contributed by atoms with Gasteiger partial charge in [0.15, 0.2) is 0 Å². The first-order valence-corrected chi connectivity index (χ1v) is 12.9. The Labute approximate surface area is 183 Å². The topological polar surface area (TPSA) is 32.3 Å². The molecule has 3 heteroatoms. The summed E-state index contributed by atoms with van der Waals surface area (Å²) in [5.41, 5.74) is 3.25. The van der Waals surface area contributed by atoms with Gasteiger partial charge in [0.25, 0.3) is 0 Å². The summed E-state index contributed by atoms with van der Waals surface area (Å²) >= 11 is 0. The number of likely N-dealkylation sites (tertiary alicyclic amines) is 1. The fraction of sp³-hybridized carbons (Fsp3) is 0.741. The number of hydrogen-bond acceptors (Lipinski definition) is 2. The summed E-state index contributed by atoms with van der Waals surface area (Å²) in [6.07, 6.45) is 15.5. The zero-order valence-electron chi connectivity index (χ0n) is 18.5. The second-order valence-electron chi connectivity index (χ2n) is 11.2. The standard InChI is InChI=1S/C27H38N2O.H2/c30-26(20-6-2-1-3-7-20)28-24-18-27(23-9-5-4-8-22(23)24)12-14-29(15-13-27)25-17-19-10-11-21(25)16-19;/h4-5,8-9,19-21,24-25H,1-3,6-7,10-18H2,(H,28,30);1H/t19-,21-,24+,25?;/m1./s1. The van der Waals surface area contributed by atoms with Gasteiger partial charge in [-0.25, -0.2) is 0 Å². The molecular formula is C27H40N2O. The third-order valence-corrected chi connectivity index (χ3v) is 9.72. The Morgan fingerprint density at radius 1 is 1.00 bits per heavy atom. The minimum Gasteiger partial charge on any atom is -0.349 e. The molecule has 1 amide bonds. The van der Waals surface area contributed by atoms with Crippen LogP contribution in [0, 0.1) is 17.8 Å². The van der Waals surface area contributed by atoms with E-state index in [1.165, 1.54) is 76.4 Å². The first-order chi connectivity index (χ1) is 14.7. The molecule has 3 saturated carbocycles. The number of carbonyl (C=O) groups excluding carboxylic acids is 1. The Balaban J connectivity index is 0.00000204. The fourth-order valence-corrected chi connectivity index (χ4v) is 8.09. The minimum absolute atomic E-state index is 0. The van der Waals surface area contributed by atoms with E-state index in [4.69, 9.17) is 0 Å². The second-order valence-corrected chi connectivity index (χ2v) is 11.2. The van der Waals surface area contributed by atoms with Crippen LogP contribution >= 0.6 is 0 Å². The van der Waals surface area contributed by atoms with E-state index in [1.807, 2.05) is 0 Å². The number of carbonyl (C=O) groups is 1. The largest absolute Gasteiger partial charge is 0.349 e. The molecule has 1 spiro atoms. The van der Waals surface area contributed by atoms with Gasteiger partial charge in [-0.15, -0.1) is 0 Å². The van der Waals surface area contributed by atoms with Crippen molar-refractivity contribution >= 4 is 5.91 Å². The van der Waals surface area contributed by atoms with Gasteiger partial charge < -0.3 is 10.2 Å². The van der Waals surface area contributed by atoms with Crippen LogP contribution in [-0.4, -0.2) is 29.9 Å². The Morgan fingerprint density at radius 2 is 1.80 bits per heavy atom. The lowest BCUT2D eigenvalue weighted by Crippen LogP contribution is -2.48. The van der Waals surface area contributed by atoms with E-state index in [-0.39, 0.29) is 18.8 Å². The van der Waals surface area contributed by atoms with Crippen LogP contribution in [0.25, 0.3) is 0 Å². The van der Waals surface area contributed by atoms with Crippen molar-refractivity contribution in [3.05, 3.63) is 35.4 Å². The fourth-order valence-electron chi connectivity index (χ4n) is 8.09. The van der Waals surface area contributed by atoms with Gasteiger partial charge >= 0.3 is 0 Å². The van der Waals surface area contributed by atoms with Crippen LogP contribution in [0.2, 0.25) is 0 Å². The molecule has 0 aromatic heterocycles. The summed E-state index contributed by atoms with van der Waals surface area (Å²) < 4.78 is 0. The van der Waals surface area contributed by atoms with Crippen molar-refractivity contribution in [2.75, 3.05) is 13.1 Å². The Kier molecular flexibility index (Phi) is 4.94. The molecule has 164 valence electrons. The number of hydrogen-bond donors (Lipinski definition) is 1. The molecule has 1 unspecified atom stereocenters. The average molecular weight is 409 g/mol. The summed E-state index contributed by atoms with van der Waals surface area (Å²) in [5.74, 6) is 2.60. The molecule has 1 aromatic rings. The van der Waals surface area contributed by atoms with Gasteiger partial charge in [-0.3, -0.25) is 4.79 Å². The minimum atomic E-state index is 0. The lowest BCUT2D eigenvalue weighted by atomic mass is 9.73. The van der Waals surface area contributed by atoms with E-state index in [9.17, 15) is 4.79 Å². The number of nitrogens with one attached hydrogen (secondary N) is 1. The maximum Gasteiger partial charge on any atom is 0.223 e. The third kappa shape index (κ3) is 3.23. The molecule has 4 fully saturated rings. The Hall–Kier alpha value is -1.35. The summed E-state index contributed by atoms with van der Waals surface area (Å²) in [6, 6.07) is 10.1. The van der Waals surface area contributed by atoms with Crippen molar-refractivity contribution in [3.63, 3.8) is 0 Å². The molecule has 5 aliphatic rings. The Bertz CT molecular complexity index is 796. The maximum atomic E-state index is 13.0. The molecule has 1 N–H and O–H groups in total. The van der Waals surface area contributed by atoms with Crippen molar-refractivity contribution in [1.82, 2.24) is 10.2 Å². The highest BCUT2D eigenvalue weighted by molar-refractivity contribution is 5.79. The van der Waals surface area contributed by atoms with Crippen LogP contribution in [0.4, 0.5) is 0 Å². The molecule has 4 atom stereocenters. The van der Waals surface area contributed by atoms with Gasteiger partial charge in [0, 0.05) is 18.8 Å². The molecule has 2 bridgehead atoms. The molecule has 0 radical (unpaired) electrons. The first kappa shape index (κ1) is 19.3. The maximum absolute atomic E-state index is 13.0. The molecule has 3 nitrogen and oxygen atoms in total. The molecule has 30 heavy (non-hydrogen) atoms. The van der Waals surface area contributed by atoms with Crippen molar-refractivity contribution in [3.8, 4) is 0 Å². The molecule has 1 aliphatic heterocycles. The van der Waals surface area contributed by atoms with Crippen LogP contribution in [0.5, 0.6) is 0 Å². The van der Waals surface area contributed by atoms with Crippen molar-refractivity contribution in [1.29, 1.82) is 0 Å². The van der Waals surface area contributed by atoms with Gasteiger partial charge in [0.2, 0.25) is 5.91 Å². The summed E-state index contributed by atoms with van der Waals surface area (Å²) in [4.78, 5) is 15.9. The van der Waals surface area contributed by atoms with Gasteiger partial charge in [0.05, 0.1) is 6.04 Å². The predicted octanol–water partition coefficient (Wildman–Crippen LogP) is 5.60. The predicted molar refractivity (Wildman–Crippen MR) is 122 cm³/mol. The van der Waals surface area contributed by atoms with E-state index in [1.54, 1.807) is 5.56 Å². The number of piperidine rings is 1. The van der Waals surface area contributed by atoms with Crippen molar-refractivity contribution in [2.45, 2.75) is 94.5 Å². The van der Waals surface area contributed by atoms with Crippen LogP contribution in [-0.2, 0) is 10.2 Å². The molecule has 1 aromatic carbocycles. The molecular weight excluding hydrogens is 368 g/mol. The first-order valence-electron chi connectivity index (χ1n) is 12.9. The highest BCUT2D eigenvalue weighted by Gasteiger charge is 2.49. The number of benzene rings is 1. The highest BCUT2D eigenvalue weighted by atomic mass is 16.1. The van der Waals surface area contributed by atoms with Gasteiger partial charge in [0.1, 0.15) is 0 Å². The lowest BCUT2D eigenvalue weighted by Gasteiger charge is -2.44. The third-order valence-electron chi connectivity index (χ3n) is 9.72. The van der Waals surface area contributed by atoms with Crippen molar-refractivity contribution in [2.24, 2.45) is 17.8 Å². The normalized spacial score (nSPS) is 35.6. The summed E-state index contributed by atoms with van der Waals surface area (Å²) in [5, 5.41) is 3.51. The number of rotatable bonds is 3. The quantitative estimate of drug-likeness (QED) is 0.706. The van der Waals surface area contributed by atoms with E-state index >= 15 is 0 Å².